The Kier molecular flexibility index (Phi) is 6.99. The zero-order valence-electron chi connectivity index (χ0n) is 13.6. The number of aromatic nitrogens is 1. The van der Waals surface area contributed by atoms with Gasteiger partial charge in [0.25, 0.3) is 0 Å². The summed E-state index contributed by atoms with van der Waals surface area (Å²) in [5.41, 5.74) is 7.10. The van der Waals surface area contributed by atoms with Crippen LogP contribution in [0.2, 0.25) is 0 Å². The summed E-state index contributed by atoms with van der Waals surface area (Å²) in [5.74, 6) is 0.478. The molecule has 0 spiro atoms. The fourth-order valence-corrected chi connectivity index (χ4v) is 1.73. The van der Waals surface area contributed by atoms with Gasteiger partial charge in [-0.25, -0.2) is 4.98 Å². The van der Waals surface area contributed by atoms with Gasteiger partial charge < -0.3 is 15.1 Å². The highest BCUT2D eigenvalue weighted by Crippen LogP contribution is 2.18. The Morgan fingerprint density at radius 2 is 1.76 bits per heavy atom. The molecule has 8 nitrogen and oxygen atoms in total. The quantitative estimate of drug-likeness (QED) is 0.352. The van der Waals surface area contributed by atoms with E-state index in [1.165, 1.54) is 12.5 Å². The van der Waals surface area contributed by atoms with Crippen LogP contribution in [-0.2, 0) is 0 Å². The lowest BCUT2D eigenvalue weighted by atomic mass is 10.2. The summed E-state index contributed by atoms with van der Waals surface area (Å²) in [6.07, 6.45) is 2.95. The Morgan fingerprint density at radius 1 is 1.08 bits per heavy atom. The number of hydrogen-bond acceptors (Lipinski definition) is 6. The third-order valence-corrected chi connectivity index (χ3v) is 3.46. The minimum atomic E-state index is 0.358. The van der Waals surface area contributed by atoms with Crippen LogP contribution in [0.4, 0.5) is 0 Å². The van der Waals surface area contributed by atoms with Gasteiger partial charge in [-0.1, -0.05) is 18.2 Å². The molecule has 1 aromatic carbocycles. The van der Waals surface area contributed by atoms with Crippen LogP contribution < -0.4 is 21.5 Å². The Balaban J connectivity index is 2.24. The Morgan fingerprint density at radius 3 is 2.44 bits per heavy atom. The van der Waals surface area contributed by atoms with Gasteiger partial charge in [0.05, 0.1) is 6.21 Å². The number of hydrogen-bond donors (Lipinski definition) is 4. The molecular weight excluding hydrogens is 358 g/mol. The van der Waals surface area contributed by atoms with Crippen LogP contribution in [0.1, 0.15) is 5.69 Å². The molecule has 0 aliphatic carbocycles. The van der Waals surface area contributed by atoms with Crippen LogP contribution in [-0.4, -0.2) is 41.2 Å². The summed E-state index contributed by atoms with van der Waals surface area (Å²) >= 11 is 9.97. The maximum atomic E-state index is 5.53. The lowest BCUT2D eigenvalue weighted by molar-refractivity contribution is 0.574. The van der Waals surface area contributed by atoms with Gasteiger partial charge in [-0.2, -0.15) is 10.2 Å². The first-order chi connectivity index (χ1) is 12.1. The highest BCUT2D eigenvalue weighted by molar-refractivity contribution is 7.80. The van der Waals surface area contributed by atoms with Crippen molar-refractivity contribution in [3.05, 3.63) is 42.3 Å². The largest absolute Gasteiger partial charge is 0.444 e. The second-order valence-electron chi connectivity index (χ2n) is 4.54. The van der Waals surface area contributed by atoms with Crippen LogP contribution in [0, 0.1) is 0 Å². The number of nitrogens with one attached hydrogen (secondary N) is 4. The van der Waals surface area contributed by atoms with Crippen molar-refractivity contribution in [2.24, 2.45) is 10.2 Å². The van der Waals surface area contributed by atoms with Gasteiger partial charge in [0.2, 0.25) is 5.89 Å². The third kappa shape index (κ3) is 5.62. The smallest absolute Gasteiger partial charge is 0.226 e. The molecule has 1 aromatic heterocycles. The van der Waals surface area contributed by atoms with Crippen LogP contribution in [0.5, 0.6) is 0 Å². The second kappa shape index (κ2) is 9.45. The standard InChI is InChI=1S/C15H17N7OS2/c1-16-14(24)21-18-8-11(20-22-15(25)17-2)12-9-23-13(19-12)10-6-4-3-5-7-10/h3-9H,1-2H3,(H2,16,21,24)(H2,17,22,25)/b18-8+,20-11+. The molecule has 0 atom stereocenters. The number of thiocarbonyl (C=S) groups is 2. The number of oxazole rings is 1. The predicted molar refractivity (Wildman–Crippen MR) is 107 cm³/mol. The van der Waals surface area contributed by atoms with Crippen molar-refractivity contribution in [2.75, 3.05) is 14.1 Å². The molecule has 10 heteroatoms. The minimum absolute atomic E-state index is 0.358. The first-order valence-electron chi connectivity index (χ1n) is 7.21. The lowest BCUT2D eigenvalue weighted by Crippen LogP contribution is -2.31. The van der Waals surface area contributed by atoms with Crippen molar-refractivity contribution < 1.29 is 4.42 Å². The van der Waals surface area contributed by atoms with E-state index in [4.69, 9.17) is 28.9 Å². The average Bonchev–Trinajstić information content (AvgIpc) is 3.14. The van der Waals surface area contributed by atoms with E-state index in [0.717, 1.165) is 5.56 Å². The third-order valence-electron chi connectivity index (χ3n) is 2.87. The van der Waals surface area contributed by atoms with Gasteiger partial charge >= 0.3 is 0 Å². The molecule has 0 aliphatic heterocycles. The number of benzene rings is 1. The first kappa shape index (κ1) is 18.5. The molecule has 1 heterocycles. The molecule has 0 unspecified atom stereocenters. The molecule has 0 bridgehead atoms. The fraction of sp³-hybridized carbons (Fsp3) is 0.133. The Labute approximate surface area is 155 Å². The van der Waals surface area contributed by atoms with Gasteiger partial charge in [-0.15, -0.1) is 0 Å². The summed E-state index contributed by atoms with van der Waals surface area (Å²) < 4.78 is 5.53. The van der Waals surface area contributed by atoms with Crippen molar-refractivity contribution in [2.45, 2.75) is 0 Å². The molecule has 2 aromatic rings. The molecule has 0 radical (unpaired) electrons. The summed E-state index contributed by atoms with van der Waals surface area (Å²) in [6, 6.07) is 9.55. The lowest BCUT2D eigenvalue weighted by Gasteiger charge is -2.03. The van der Waals surface area contributed by atoms with Crippen molar-refractivity contribution in [1.82, 2.24) is 26.5 Å². The van der Waals surface area contributed by atoms with Gasteiger partial charge in [-0.3, -0.25) is 10.9 Å². The minimum Gasteiger partial charge on any atom is -0.444 e. The highest BCUT2D eigenvalue weighted by Gasteiger charge is 2.11. The molecule has 4 N–H and O–H groups in total. The molecule has 0 saturated heterocycles. The zero-order valence-corrected chi connectivity index (χ0v) is 15.2. The highest BCUT2D eigenvalue weighted by atomic mass is 32.1. The number of nitrogens with zero attached hydrogens (tertiary/aromatic N) is 3. The van der Waals surface area contributed by atoms with Crippen LogP contribution >= 0.6 is 24.4 Å². The van der Waals surface area contributed by atoms with Crippen LogP contribution in [0.15, 0.2) is 51.2 Å². The van der Waals surface area contributed by atoms with E-state index in [0.29, 0.717) is 27.5 Å². The van der Waals surface area contributed by atoms with Gasteiger partial charge in [0, 0.05) is 19.7 Å². The Hall–Kier alpha value is -2.85. The van der Waals surface area contributed by atoms with E-state index in [2.05, 4.69) is 36.7 Å². The van der Waals surface area contributed by atoms with Gasteiger partial charge in [-0.05, 0) is 36.6 Å². The first-order valence-corrected chi connectivity index (χ1v) is 8.03. The molecule has 0 amide bonds. The van der Waals surface area contributed by atoms with Crippen molar-refractivity contribution >= 4 is 46.6 Å². The predicted octanol–water partition coefficient (Wildman–Crippen LogP) is 1.22. The van der Waals surface area contributed by atoms with E-state index < -0.39 is 0 Å². The SMILES string of the molecule is CNC(=S)N/N=C(\C=N\NC(=S)NC)c1coc(-c2ccccc2)n1. The zero-order chi connectivity index (χ0) is 18.1. The second-order valence-corrected chi connectivity index (χ2v) is 5.36. The summed E-state index contributed by atoms with van der Waals surface area (Å²) in [6.45, 7) is 0. The van der Waals surface area contributed by atoms with E-state index >= 15 is 0 Å². The van der Waals surface area contributed by atoms with Crippen molar-refractivity contribution in [3.8, 4) is 11.5 Å². The number of rotatable bonds is 5. The normalized spacial score (nSPS) is 11.2. The molecule has 0 fully saturated rings. The summed E-state index contributed by atoms with van der Waals surface area (Å²) in [5, 5.41) is 14.4. The molecule has 130 valence electrons. The summed E-state index contributed by atoms with van der Waals surface area (Å²) in [4.78, 5) is 4.43. The molecule has 0 saturated carbocycles. The monoisotopic (exact) mass is 375 g/mol. The van der Waals surface area contributed by atoms with Crippen LogP contribution in [0.25, 0.3) is 11.5 Å². The fourth-order valence-electron chi connectivity index (χ4n) is 1.63. The van der Waals surface area contributed by atoms with E-state index in [9.17, 15) is 0 Å². The van der Waals surface area contributed by atoms with E-state index in [-0.39, 0.29) is 0 Å². The molecular formula is C15H17N7OS2. The maximum Gasteiger partial charge on any atom is 0.226 e. The van der Waals surface area contributed by atoms with E-state index in [1.807, 2.05) is 30.3 Å². The topological polar surface area (TPSA) is 98.9 Å². The molecule has 25 heavy (non-hydrogen) atoms. The molecule has 0 aliphatic rings. The van der Waals surface area contributed by atoms with Crippen LogP contribution in [0.3, 0.4) is 0 Å². The average molecular weight is 375 g/mol. The van der Waals surface area contributed by atoms with Gasteiger partial charge in [0.15, 0.2) is 10.2 Å². The van der Waals surface area contributed by atoms with Crippen molar-refractivity contribution in [3.63, 3.8) is 0 Å². The maximum absolute atomic E-state index is 5.53. The summed E-state index contributed by atoms with van der Waals surface area (Å²) in [7, 11) is 3.38. The molecule has 2 rings (SSSR count). The van der Waals surface area contributed by atoms with Gasteiger partial charge in [0.1, 0.15) is 17.7 Å². The van der Waals surface area contributed by atoms with E-state index in [1.54, 1.807) is 14.1 Å². The van der Waals surface area contributed by atoms with Crippen molar-refractivity contribution in [1.29, 1.82) is 0 Å². The number of hydrazone groups is 2. The Bertz CT molecular complexity index is 786.